The molecule has 1 aromatic carbocycles. The summed E-state index contributed by atoms with van der Waals surface area (Å²) < 4.78 is 11.8. The van der Waals surface area contributed by atoms with Crippen LogP contribution in [0.5, 0.6) is 5.75 Å². The molecule has 0 saturated carbocycles. The molecule has 5 nitrogen and oxygen atoms in total. The summed E-state index contributed by atoms with van der Waals surface area (Å²) in [5, 5.41) is 7.01. The zero-order chi connectivity index (χ0) is 15.4. The quantitative estimate of drug-likeness (QED) is 0.890. The molecule has 0 unspecified atom stereocenters. The highest BCUT2D eigenvalue weighted by molar-refractivity contribution is 5.26. The maximum Gasteiger partial charge on any atom is 0.119 e. The van der Waals surface area contributed by atoms with E-state index < -0.39 is 0 Å². The van der Waals surface area contributed by atoms with E-state index in [0.29, 0.717) is 6.61 Å². The van der Waals surface area contributed by atoms with Crippen LogP contribution in [0.25, 0.3) is 0 Å². The normalized spacial score (nSPS) is 22.1. The number of aryl methyl sites for hydroxylation is 1. The van der Waals surface area contributed by atoms with Gasteiger partial charge in [0.2, 0.25) is 0 Å². The monoisotopic (exact) mass is 301 g/mol. The highest BCUT2D eigenvalue weighted by Gasteiger charge is 2.39. The van der Waals surface area contributed by atoms with E-state index in [1.165, 1.54) is 5.56 Å². The first-order valence-corrected chi connectivity index (χ1v) is 7.64. The molecule has 2 heterocycles. The summed E-state index contributed by atoms with van der Waals surface area (Å²) in [7, 11) is 1.78. The van der Waals surface area contributed by atoms with Gasteiger partial charge < -0.3 is 9.47 Å². The van der Waals surface area contributed by atoms with Crippen molar-refractivity contribution in [2.24, 2.45) is 0 Å². The summed E-state index contributed by atoms with van der Waals surface area (Å²) in [4.78, 5) is 2.37. The number of nitrogens with one attached hydrogen (secondary N) is 1. The van der Waals surface area contributed by atoms with Crippen LogP contribution in [0.4, 0.5) is 0 Å². The van der Waals surface area contributed by atoms with Gasteiger partial charge in [-0.1, -0.05) is 17.7 Å². The number of nitrogens with zero attached hydrogens (tertiary/aromatic N) is 2. The minimum absolute atomic E-state index is 0.231. The van der Waals surface area contributed by atoms with Gasteiger partial charge in [0, 0.05) is 38.6 Å². The molecule has 0 spiro atoms. The topological polar surface area (TPSA) is 50.4 Å². The Labute approximate surface area is 131 Å². The first-order chi connectivity index (χ1) is 10.7. The van der Waals surface area contributed by atoms with Gasteiger partial charge in [-0.15, -0.1) is 0 Å². The van der Waals surface area contributed by atoms with Crippen molar-refractivity contribution in [2.75, 3.05) is 26.8 Å². The van der Waals surface area contributed by atoms with Crippen LogP contribution in [0.2, 0.25) is 0 Å². The van der Waals surface area contributed by atoms with Crippen LogP contribution in [0.1, 0.15) is 17.7 Å². The minimum atomic E-state index is -0.231. The molecule has 0 aliphatic carbocycles. The van der Waals surface area contributed by atoms with Gasteiger partial charge in [-0.2, -0.15) is 5.10 Å². The van der Waals surface area contributed by atoms with Crippen molar-refractivity contribution in [3.63, 3.8) is 0 Å². The summed E-state index contributed by atoms with van der Waals surface area (Å²) in [5.41, 5.74) is 2.14. The number of ether oxygens (including phenoxy) is 2. The fraction of sp³-hybridized carbons (Fsp3) is 0.471. The zero-order valence-corrected chi connectivity index (χ0v) is 13.2. The van der Waals surface area contributed by atoms with Gasteiger partial charge in [-0.05, 0) is 31.5 Å². The van der Waals surface area contributed by atoms with Crippen LogP contribution in [0.15, 0.2) is 36.5 Å². The van der Waals surface area contributed by atoms with E-state index in [2.05, 4.69) is 34.2 Å². The van der Waals surface area contributed by atoms with Crippen LogP contribution in [-0.4, -0.2) is 47.5 Å². The molecule has 0 amide bonds. The maximum atomic E-state index is 5.95. The Balaban J connectivity index is 1.57. The summed E-state index contributed by atoms with van der Waals surface area (Å²) in [6.45, 7) is 5.39. The Kier molecular flexibility index (Phi) is 4.45. The lowest BCUT2D eigenvalue weighted by Crippen LogP contribution is -2.41. The first-order valence-electron chi connectivity index (χ1n) is 7.64. The van der Waals surface area contributed by atoms with Crippen LogP contribution in [0, 0.1) is 6.92 Å². The van der Waals surface area contributed by atoms with Crippen molar-refractivity contribution in [2.45, 2.75) is 25.5 Å². The Morgan fingerprint density at radius 2 is 2.09 bits per heavy atom. The fourth-order valence-electron chi connectivity index (χ4n) is 2.87. The molecule has 5 heteroatoms. The molecular weight excluding hydrogens is 278 g/mol. The Morgan fingerprint density at radius 3 is 2.77 bits per heavy atom. The summed E-state index contributed by atoms with van der Waals surface area (Å²) in [5.74, 6) is 0.897. The molecule has 0 radical (unpaired) electrons. The lowest BCUT2D eigenvalue weighted by molar-refractivity contribution is -0.0360. The van der Waals surface area contributed by atoms with Crippen molar-refractivity contribution < 1.29 is 9.47 Å². The van der Waals surface area contributed by atoms with Crippen molar-refractivity contribution in [1.29, 1.82) is 0 Å². The molecule has 0 bridgehead atoms. The highest BCUT2D eigenvalue weighted by atomic mass is 16.5. The SMILES string of the molecule is CO[C@@]1(COc2ccc(C)cc2)CCN(Cc2ccn[nH]2)C1. The van der Waals surface area contributed by atoms with E-state index in [1.54, 1.807) is 13.3 Å². The van der Waals surface area contributed by atoms with Crippen LogP contribution in [0.3, 0.4) is 0 Å². The van der Waals surface area contributed by atoms with Gasteiger partial charge in [-0.3, -0.25) is 10.00 Å². The molecule has 1 atom stereocenters. The van der Waals surface area contributed by atoms with Crippen molar-refractivity contribution in [1.82, 2.24) is 15.1 Å². The van der Waals surface area contributed by atoms with E-state index >= 15 is 0 Å². The van der Waals surface area contributed by atoms with E-state index in [1.807, 2.05) is 18.2 Å². The van der Waals surface area contributed by atoms with Crippen molar-refractivity contribution in [3.8, 4) is 5.75 Å². The molecule has 118 valence electrons. The Bertz CT molecular complexity index is 582. The lowest BCUT2D eigenvalue weighted by atomic mass is 10.0. The van der Waals surface area contributed by atoms with Gasteiger partial charge >= 0.3 is 0 Å². The smallest absolute Gasteiger partial charge is 0.119 e. The number of hydrogen-bond donors (Lipinski definition) is 1. The average molecular weight is 301 g/mol. The van der Waals surface area contributed by atoms with E-state index in [9.17, 15) is 0 Å². The molecule has 1 N–H and O–H groups in total. The van der Waals surface area contributed by atoms with Crippen LogP contribution >= 0.6 is 0 Å². The second kappa shape index (κ2) is 6.50. The molecule has 1 aromatic heterocycles. The van der Waals surface area contributed by atoms with E-state index in [0.717, 1.165) is 37.5 Å². The van der Waals surface area contributed by atoms with Gasteiger partial charge in [-0.25, -0.2) is 0 Å². The molecule has 2 aromatic rings. The lowest BCUT2D eigenvalue weighted by Gasteiger charge is -2.28. The van der Waals surface area contributed by atoms with Gasteiger partial charge in [0.25, 0.3) is 0 Å². The first kappa shape index (κ1) is 15.1. The number of benzene rings is 1. The third-order valence-corrected chi connectivity index (χ3v) is 4.30. The number of rotatable bonds is 6. The van der Waals surface area contributed by atoms with Gasteiger partial charge in [0.1, 0.15) is 18.0 Å². The summed E-state index contributed by atoms with van der Waals surface area (Å²) in [6.07, 6.45) is 2.76. The fourth-order valence-corrected chi connectivity index (χ4v) is 2.87. The number of aromatic amines is 1. The predicted octanol–water partition coefficient (Wildman–Crippen LogP) is 2.39. The number of H-pyrrole nitrogens is 1. The minimum Gasteiger partial charge on any atom is -0.491 e. The summed E-state index contributed by atoms with van der Waals surface area (Å²) >= 11 is 0. The molecule has 1 aliphatic heterocycles. The average Bonchev–Trinajstić information content (AvgIpc) is 3.18. The third-order valence-electron chi connectivity index (χ3n) is 4.30. The second-order valence-electron chi connectivity index (χ2n) is 6.03. The highest BCUT2D eigenvalue weighted by Crippen LogP contribution is 2.27. The number of likely N-dealkylation sites (tertiary alicyclic amines) is 1. The Hall–Kier alpha value is -1.85. The van der Waals surface area contributed by atoms with E-state index in [4.69, 9.17) is 9.47 Å². The van der Waals surface area contributed by atoms with Crippen LogP contribution < -0.4 is 4.74 Å². The predicted molar refractivity (Wildman–Crippen MR) is 84.9 cm³/mol. The van der Waals surface area contributed by atoms with Crippen molar-refractivity contribution >= 4 is 0 Å². The van der Waals surface area contributed by atoms with E-state index in [-0.39, 0.29) is 5.60 Å². The Morgan fingerprint density at radius 1 is 1.27 bits per heavy atom. The van der Waals surface area contributed by atoms with Crippen molar-refractivity contribution in [3.05, 3.63) is 47.8 Å². The molecule has 1 fully saturated rings. The van der Waals surface area contributed by atoms with Gasteiger partial charge in [0.05, 0.1) is 0 Å². The zero-order valence-electron chi connectivity index (χ0n) is 13.2. The second-order valence-corrected chi connectivity index (χ2v) is 6.03. The molecule has 22 heavy (non-hydrogen) atoms. The maximum absolute atomic E-state index is 5.95. The summed E-state index contributed by atoms with van der Waals surface area (Å²) in [6, 6.07) is 10.2. The molecular formula is C17H23N3O2. The third kappa shape index (κ3) is 3.48. The van der Waals surface area contributed by atoms with Crippen LogP contribution in [-0.2, 0) is 11.3 Å². The standard InChI is InChI=1S/C17H23N3O2/c1-14-3-5-16(6-4-14)22-13-17(21-2)8-10-20(12-17)11-15-7-9-18-19-15/h3-7,9H,8,10-13H2,1-2H3,(H,18,19)/t17-/m0/s1. The molecule has 3 rings (SSSR count). The molecule has 1 aliphatic rings. The number of aromatic nitrogens is 2. The number of hydrogen-bond acceptors (Lipinski definition) is 4. The van der Waals surface area contributed by atoms with Gasteiger partial charge in [0.15, 0.2) is 0 Å². The number of methoxy groups -OCH3 is 1. The largest absolute Gasteiger partial charge is 0.491 e. The molecule has 1 saturated heterocycles.